The Kier molecular flexibility index (Phi) is 3.87. The molecule has 0 spiro atoms. The van der Waals surface area contributed by atoms with Crippen molar-refractivity contribution in [3.8, 4) is 0 Å². The Balaban J connectivity index is 1.82. The molecule has 0 unspecified atom stereocenters. The number of carbonyl (C=O) groups is 1. The highest BCUT2D eigenvalue weighted by atomic mass is 19.1. The number of benzene rings is 1. The van der Waals surface area contributed by atoms with Crippen LogP contribution in [0.3, 0.4) is 0 Å². The molecular formula is C17H16FN3O. The van der Waals surface area contributed by atoms with Crippen LogP contribution in [0, 0.1) is 5.82 Å². The number of aryl methyl sites for hydroxylation is 1. The molecule has 112 valence electrons. The van der Waals surface area contributed by atoms with E-state index in [1.54, 1.807) is 18.3 Å². The Morgan fingerprint density at radius 1 is 1.27 bits per heavy atom. The number of hydrogen-bond acceptors (Lipinski definition) is 2. The Morgan fingerprint density at radius 3 is 2.77 bits per heavy atom. The monoisotopic (exact) mass is 297 g/mol. The van der Waals surface area contributed by atoms with Gasteiger partial charge in [-0.1, -0.05) is 12.1 Å². The third-order valence-electron chi connectivity index (χ3n) is 3.59. The Labute approximate surface area is 127 Å². The van der Waals surface area contributed by atoms with Gasteiger partial charge in [-0.3, -0.25) is 4.79 Å². The van der Waals surface area contributed by atoms with Crippen molar-refractivity contribution < 1.29 is 9.18 Å². The number of rotatable bonds is 4. The van der Waals surface area contributed by atoms with E-state index in [1.165, 1.54) is 12.1 Å². The summed E-state index contributed by atoms with van der Waals surface area (Å²) in [5.41, 5.74) is 2.26. The first-order valence-corrected chi connectivity index (χ1v) is 7.15. The van der Waals surface area contributed by atoms with E-state index >= 15 is 0 Å². The highest BCUT2D eigenvalue weighted by Crippen LogP contribution is 2.19. The predicted molar refractivity (Wildman–Crippen MR) is 83.0 cm³/mol. The topological polar surface area (TPSA) is 46.9 Å². The molecule has 0 saturated carbocycles. The van der Waals surface area contributed by atoms with Gasteiger partial charge >= 0.3 is 0 Å². The van der Waals surface area contributed by atoms with Crippen molar-refractivity contribution >= 4 is 16.9 Å². The maximum atomic E-state index is 12.9. The van der Waals surface area contributed by atoms with Gasteiger partial charge in [0.05, 0.1) is 5.56 Å². The molecule has 1 aromatic carbocycles. The largest absolute Gasteiger partial charge is 0.348 e. The number of aromatic nitrogens is 2. The third-order valence-corrected chi connectivity index (χ3v) is 3.59. The molecule has 0 radical (unpaired) electrons. The molecule has 0 atom stereocenters. The van der Waals surface area contributed by atoms with E-state index in [4.69, 9.17) is 0 Å². The fourth-order valence-corrected chi connectivity index (χ4v) is 2.42. The Hall–Kier alpha value is -2.69. The lowest BCUT2D eigenvalue weighted by Crippen LogP contribution is -2.22. The third kappa shape index (κ3) is 2.70. The number of fused-ring (bicyclic) bond motifs is 1. The Morgan fingerprint density at radius 2 is 2.05 bits per heavy atom. The molecule has 0 fully saturated rings. The fraction of sp³-hybridized carbons (Fsp3) is 0.176. The maximum Gasteiger partial charge on any atom is 0.253 e. The minimum atomic E-state index is -0.285. The van der Waals surface area contributed by atoms with Crippen LogP contribution in [0.25, 0.3) is 11.0 Å². The summed E-state index contributed by atoms with van der Waals surface area (Å²) in [4.78, 5) is 16.7. The van der Waals surface area contributed by atoms with Gasteiger partial charge in [-0.25, -0.2) is 9.37 Å². The van der Waals surface area contributed by atoms with Crippen LogP contribution >= 0.6 is 0 Å². The average Bonchev–Trinajstić information content (AvgIpc) is 2.93. The fourth-order valence-electron chi connectivity index (χ4n) is 2.42. The molecule has 2 aromatic heterocycles. The van der Waals surface area contributed by atoms with Crippen molar-refractivity contribution in [2.24, 2.45) is 0 Å². The van der Waals surface area contributed by atoms with E-state index < -0.39 is 0 Å². The van der Waals surface area contributed by atoms with Crippen LogP contribution in [-0.4, -0.2) is 15.5 Å². The molecule has 3 rings (SSSR count). The summed E-state index contributed by atoms with van der Waals surface area (Å²) >= 11 is 0. The lowest BCUT2D eigenvalue weighted by Gasteiger charge is -2.04. The van der Waals surface area contributed by atoms with Gasteiger partial charge in [-0.15, -0.1) is 0 Å². The summed E-state index contributed by atoms with van der Waals surface area (Å²) in [6, 6.07) is 9.79. The molecule has 1 amide bonds. The molecule has 4 nitrogen and oxygen atoms in total. The summed E-state index contributed by atoms with van der Waals surface area (Å²) in [6.45, 7) is 3.12. The first-order valence-electron chi connectivity index (χ1n) is 7.15. The lowest BCUT2D eigenvalue weighted by molar-refractivity contribution is 0.0952. The van der Waals surface area contributed by atoms with Crippen molar-refractivity contribution in [3.05, 3.63) is 65.7 Å². The SMILES string of the molecule is CCn1cc(C(=O)NCc2ccc(F)cc2)c2cccnc21. The zero-order valence-corrected chi connectivity index (χ0v) is 12.2. The van der Waals surface area contributed by atoms with E-state index in [0.717, 1.165) is 23.1 Å². The standard InChI is InChI=1S/C17H16FN3O/c1-2-21-11-15(14-4-3-9-19-16(14)21)17(22)20-10-12-5-7-13(18)8-6-12/h3-9,11H,2,10H2,1H3,(H,20,22). The molecule has 0 saturated heterocycles. The zero-order chi connectivity index (χ0) is 15.5. The van der Waals surface area contributed by atoms with Gasteiger partial charge in [-0.2, -0.15) is 0 Å². The van der Waals surface area contributed by atoms with Gasteiger partial charge < -0.3 is 9.88 Å². The number of amides is 1. The molecule has 0 aliphatic rings. The smallest absolute Gasteiger partial charge is 0.253 e. The van der Waals surface area contributed by atoms with Crippen LogP contribution in [0.4, 0.5) is 4.39 Å². The minimum Gasteiger partial charge on any atom is -0.348 e. The van der Waals surface area contributed by atoms with Crippen molar-refractivity contribution in [2.45, 2.75) is 20.0 Å². The second kappa shape index (κ2) is 5.97. The van der Waals surface area contributed by atoms with Crippen LogP contribution in [0.2, 0.25) is 0 Å². The minimum absolute atomic E-state index is 0.158. The zero-order valence-electron chi connectivity index (χ0n) is 12.2. The van der Waals surface area contributed by atoms with Gasteiger partial charge in [0.15, 0.2) is 0 Å². The molecular weight excluding hydrogens is 281 g/mol. The number of carbonyl (C=O) groups excluding carboxylic acids is 1. The van der Waals surface area contributed by atoms with Crippen LogP contribution in [0.15, 0.2) is 48.8 Å². The van der Waals surface area contributed by atoms with Gasteiger partial charge in [0.2, 0.25) is 0 Å². The van der Waals surface area contributed by atoms with Gasteiger partial charge in [0.25, 0.3) is 5.91 Å². The summed E-state index contributed by atoms with van der Waals surface area (Å²) in [5.74, 6) is -0.443. The first kappa shape index (κ1) is 14.3. The molecule has 22 heavy (non-hydrogen) atoms. The summed E-state index contributed by atoms with van der Waals surface area (Å²) in [5, 5.41) is 3.70. The second-order valence-electron chi connectivity index (χ2n) is 5.01. The summed E-state index contributed by atoms with van der Waals surface area (Å²) in [6.07, 6.45) is 3.53. The van der Waals surface area contributed by atoms with Gasteiger partial charge in [0.1, 0.15) is 11.5 Å². The summed E-state index contributed by atoms with van der Waals surface area (Å²) < 4.78 is 14.8. The lowest BCUT2D eigenvalue weighted by atomic mass is 10.2. The molecule has 2 heterocycles. The molecule has 1 N–H and O–H groups in total. The number of hydrogen-bond donors (Lipinski definition) is 1. The van der Waals surface area contributed by atoms with Crippen LogP contribution in [0.5, 0.6) is 0 Å². The highest BCUT2D eigenvalue weighted by Gasteiger charge is 2.14. The number of nitrogens with one attached hydrogen (secondary N) is 1. The second-order valence-corrected chi connectivity index (χ2v) is 5.01. The van der Waals surface area contributed by atoms with E-state index in [2.05, 4.69) is 10.3 Å². The van der Waals surface area contributed by atoms with Crippen molar-refractivity contribution in [3.63, 3.8) is 0 Å². The molecule has 0 aliphatic heterocycles. The number of halogens is 1. The molecule has 0 aliphatic carbocycles. The van der Waals surface area contributed by atoms with Crippen molar-refractivity contribution in [2.75, 3.05) is 0 Å². The number of pyridine rings is 1. The molecule has 3 aromatic rings. The molecule has 5 heteroatoms. The van der Waals surface area contributed by atoms with E-state index in [9.17, 15) is 9.18 Å². The molecule has 0 bridgehead atoms. The van der Waals surface area contributed by atoms with Crippen molar-refractivity contribution in [1.82, 2.24) is 14.9 Å². The van der Waals surface area contributed by atoms with Gasteiger partial charge in [-0.05, 0) is 36.8 Å². The van der Waals surface area contributed by atoms with E-state index in [1.807, 2.05) is 29.8 Å². The van der Waals surface area contributed by atoms with Crippen LogP contribution in [0.1, 0.15) is 22.8 Å². The average molecular weight is 297 g/mol. The first-order chi connectivity index (χ1) is 10.7. The maximum absolute atomic E-state index is 12.9. The number of nitrogens with zero attached hydrogens (tertiary/aromatic N) is 2. The quantitative estimate of drug-likeness (QED) is 0.804. The van der Waals surface area contributed by atoms with E-state index in [-0.39, 0.29) is 11.7 Å². The summed E-state index contributed by atoms with van der Waals surface area (Å²) in [7, 11) is 0. The van der Waals surface area contributed by atoms with Gasteiger partial charge in [0, 0.05) is 30.9 Å². The Bertz CT molecular complexity index is 808. The highest BCUT2D eigenvalue weighted by molar-refractivity contribution is 6.06. The normalized spacial score (nSPS) is 10.8. The van der Waals surface area contributed by atoms with Crippen LogP contribution in [-0.2, 0) is 13.1 Å². The van der Waals surface area contributed by atoms with Crippen molar-refractivity contribution in [1.29, 1.82) is 0 Å². The predicted octanol–water partition coefficient (Wildman–Crippen LogP) is 3.13. The van der Waals surface area contributed by atoms with Crippen LogP contribution < -0.4 is 5.32 Å². The van der Waals surface area contributed by atoms with E-state index in [0.29, 0.717) is 12.1 Å².